The molecular weight excluding hydrogens is 250 g/mol. The van der Waals surface area contributed by atoms with E-state index in [0.29, 0.717) is 17.3 Å². The molecule has 1 aromatic carbocycles. The van der Waals surface area contributed by atoms with E-state index in [2.05, 4.69) is 46.6 Å². The molecule has 1 heterocycles. The number of nitrogens with one attached hydrogen (secondary N) is 2. The maximum absolute atomic E-state index is 6.10. The summed E-state index contributed by atoms with van der Waals surface area (Å²) in [6.45, 7) is 8.24. The molecule has 20 heavy (non-hydrogen) atoms. The topological polar surface area (TPSA) is 75.9 Å². The lowest BCUT2D eigenvalue weighted by atomic mass is 10.1. The van der Waals surface area contributed by atoms with Gasteiger partial charge in [0.1, 0.15) is 12.0 Å². The van der Waals surface area contributed by atoms with Crippen molar-refractivity contribution >= 4 is 23.0 Å². The molecule has 4 N–H and O–H groups in total. The van der Waals surface area contributed by atoms with Gasteiger partial charge in [-0.2, -0.15) is 0 Å². The van der Waals surface area contributed by atoms with Crippen LogP contribution in [0, 0.1) is 13.8 Å². The molecule has 106 valence electrons. The van der Waals surface area contributed by atoms with Crippen molar-refractivity contribution in [3.63, 3.8) is 0 Å². The van der Waals surface area contributed by atoms with Gasteiger partial charge in [-0.25, -0.2) is 9.97 Å². The van der Waals surface area contributed by atoms with E-state index < -0.39 is 0 Å². The number of nitrogen functional groups attached to an aromatic ring is 1. The lowest BCUT2D eigenvalue weighted by molar-refractivity contribution is 0.887. The van der Waals surface area contributed by atoms with Crippen molar-refractivity contribution in [2.45, 2.75) is 33.7 Å². The highest BCUT2D eigenvalue weighted by Crippen LogP contribution is 2.26. The van der Waals surface area contributed by atoms with Crippen LogP contribution in [0.5, 0.6) is 0 Å². The molecule has 2 aromatic rings. The minimum absolute atomic E-state index is 0.265. The molecule has 0 bridgehead atoms. The average molecular weight is 271 g/mol. The largest absolute Gasteiger partial charge is 0.393 e. The lowest BCUT2D eigenvalue weighted by Crippen LogP contribution is -2.14. The molecule has 5 nitrogen and oxygen atoms in total. The number of aryl methyl sites for hydroxylation is 2. The maximum atomic E-state index is 6.10. The van der Waals surface area contributed by atoms with Gasteiger partial charge in [0.05, 0.1) is 0 Å². The van der Waals surface area contributed by atoms with Crippen LogP contribution < -0.4 is 16.4 Å². The smallest absolute Gasteiger partial charge is 0.159 e. The summed E-state index contributed by atoms with van der Waals surface area (Å²) in [5, 5.41) is 6.44. The van der Waals surface area contributed by atoms with E-state index in [-0.39, 0.29) is 6.04 Å². The zero-order valence-electron chi connectivity index (χ0n) is 12.4. The zero-order valence-corrected chi connectivity index (χ0v) is 12.4. The molecule has 2 rings (SSSR count). The Morgan fingerprint density at radius 2 is 1.75 bits per heavy atom. The van der Waals surface area contributed by atoms with Crippen LogP contribution in [-0.2, 0) is 0 Å². The molecule has 0 aliphatic rings. The van der Waals surface area contributed by atoms with Crippen molar-refractivity contribution in [1.82, 2.24) is 9.97 Å². The van der Waals surface area contributed by atoms with E-state index >= 15 is 0 Å². The summed E-state index contributed by atoms with van der Waals surface area (Å²) in [5.41, 5.74) is 10.1. The Balaban J connectivity index is 2.27. The number of nitrogens with zero attached hydrogens (tertiary/aromatic N) is 2. The monoisotopic (exact) mass is 271 g/mol. The van der Waals surface area contributed by atoms with Gasteiger partial charge in [0, 0.05) is 11.7 Å². The van der Waals surface area contributed by atoms with Crippen molar-refractivity contribution < 1.29 is 0 Å². The van der Waals surface area contributed by atoms with Crippen LogP contribution in [0.25, 0.3) is 0 Å². The van der Waals surface area contributed by atoms with Crippen LogP contribution in [-0.4, -0.2) is 16.0 Å². The van der Waals surface area contributed by atoms with Crippen LogP contribution in [0.2, 0.25) is 0 Å². The fraction of sp³-hybridized carbons (Fsp3) is 0.333. The van der Waals surface area contributed by atoms with Crippen molar-refractivity contribution in [2.75, 3.05) is 16.4 Å². The Morgan fingerprint density at radius 1 is 1.05 bits per heavy atom. The Hall–Kier alpha value is -2.30. The van der Waals surface area contributed by atoms with Crippen molar-refractivity contribution in [3.8, 4) is 0 Å². The summed E-state index contributed by atoms with van der Waals surface area (Å²) in [4.78, 5) is 8.37. The lowest BCUT2D eigenvalue weighted by Gasteiger charge is -2.14. The second kappa shape index (κ2) is 5.77. The summed E-state index contributed by atoms with van der Waals surface area (Å²) in [5.74, 6) is 1.27. The van der Waals surface area contributed by atoms with Gasteiger partial charge in [0.2, 0.25) is 0 Å². The van der Waals surface area contributed by atoms with Gasteiger partial charge < -0.3 is 16.4 Å². The van der Waals surface area contributed by atoms with E-state index in [4.69, 9.17) is 5.73 Å². The summed E-state index contributed by atoms with van der Waals surface area (Å²) in [7, 11) is 0. The zero-order chi connectivity index (χ0) is 14.7. The van der Waals surface area contributed by atoms with Crippen LogP contribution in [0.4, 0.5) is 23.0 Å². The Kier molecular flexibility index (Phi) is 4.08. The van der Waals surface area contributed by atoms with Gasteiger partial charge in [-0.05, 0) is 51.0 Å². The molecule has 0 unspecified atom stereocenters. The maximum Gasteiger partial charge on any atom is 0.159 e. The third kappa shape index (κ3) is 3.17. The molecule has 0 radical (unpaired) electrons. The number of anilines is 4. The van der Waals surface area contributed by atoms with E-state index in [1.807, 2.05) is 19.9 Å². The Morgan fingerprint density at radius 3 is 2.40 bits per heavy atom. The minimum Gasteiger partial charge on any atom is -0.393 e. The van der Waals surface area contributed by atoms with Gasteiger partial charge in [-0.15, -0.1) is 0 Å². The number of aromatic nitrogens is 2. The van der Waals surface area contributed by atoms with E-state index in [1.165, 1.54) is 17.5 Å². The number of hydrogen-bond donors (Lipinski definition) is 3. The Bertz CT molecular complexity index is 607. The predicted octanol–water partition coefficient (Wildman–Crippen LogP) is 3.24. The first-order chi connectivity index (χ1) is 9.47. The molecule has 0 atom stereocenters. The quantitative estimate of drug-likeness (QED) is 0.796. The Labute approximate surface area is 119 Å². The van der Waals surface area contributed by atoms with E-state index in [9.17, 15) is 0 Å². The highest BCUT2D eigenvalue weighted by Gasteiger charge is 2.09. The third-order valence-electron chi connectivity index (χ3n) is 3.08. The number of rotatable bonds is 4. The fourth-order valence-corrected chi connectivity index (χ4v) is 1.84. The van der Waals surface area contributed by atoms with E-state index in [0.717, 1.165) is 5.69 Å². The van der Waals surface area contributed by atoms with Crippen LogP contribution >= 0.6 is 0 Å². The van der Waals surface area contributed by atoms with Gasteiger partial charge in [0.25, 0.3) is 0 Å². The fourth-order valence-electron chi connectivity index (χ4n) is 1.84. The van der Waals surface area contributed by atoms with E-state index in [1.54, 1.807) is 0 Å². The summed E-state index contributed by atoms with van der Waals surface area (Å²) in [6.07, 6.45) is 1.50. The van der Waals surface area contributed by atoms with Crippen LogP contribution in [0.1, 0.15) is 25.0 Å². The molecule has 0 spiro atoms. The second-order valence-electron chi connectivity index (χ2n) is 5.21. The molecule has 0 saturated carbocycles. The molecule has 0 saturated heterocycles. The standard InChI is InChI=1S/C15H21N5/c1-9(2)19-14-13(16)15(18-8-17-14)20-12-6-5-10(3)11(4)7-12/h5-9H,16H2,1-4H3,(H2,17,18,19,20). The molecule has 0 aliphatic heterocycles. The van der Waals surface area contributed by atoms with Crippen molar-refractivity contribution in [3.05, 3.63) is 35.7 Å². The first-order valence-corrected chi connectivity index (χ1v) is 6.68. The summed E-state index contributed by atoms with van der Waals surface area (Å²) in [6, 6.07) is 6.43. The number of nitrogens with two attached hydrogens (primary N) is 1. The number of hydrogen-bond acceptors (Lipinski definition) is 5. The number of benzene rings is 1. The van der Waals surface area contributed by atoms with Gasteiger partial charge in [0.15, 0.2) is 11.6 Å². The highest BCUT2D eigenvalue weighted by molar-refractivity contribution is 5.77. The molecule has 0 fully saturated rings. The first kappa shape index (κ1) is 14.1. The third-order valence-corrected chi connectivity index (χ3v) is 3.08. The van der Waals surface area contributed by atoms with Crippen LogP contribution in [0.15, 0.2) is 24.5 Å². The molecule has 1 aromatic heterocycles. The average Bonchev–Trinajstić information content (AvgIpc) is 2.38. The molecular formula is C15H21N5. The molecule has 5 heteroatoms. The minimum atomic E-state index is 0.265. The normalized spacial score (nSPS) is 10.7. The molecule has 0 amide bonds. The summed E-state index contributed by atoms with van der Waals surface area (Å²) >= 11 is 0. The van der Waals surface area contributed by atoms with Crippen molar-refractivity contribution in [2.24, 2.45) is 0 Å². The van der Waals surface area contributed by atoms with Crippen LogP contribution in [0.3, 0.4) is 0 Å². The summed E-state index contributed by atoms with van der Waals surface area (Å²) < 4.78 is 0. The van der Waals surface area contributed by atoms with Gasteiger partial charge >= 0.3 is 0 Å². The van der Waals surface area contributed by atoms with Gasteiger partial charge in [-0.3, -0.25) is 0 Å². The first-order valence-electron chi connectivity index (χ1n) is 6.68. The SMILES string of the molecule is Cc1ccc(Nc2ncnc(NC(C)C)c2N)cc1C. The molecule has 0 aliphatic carbocycles. The highest BCUT2D eigenvalue weighted by atomic mass is 15.1. The second-order valence-corrected chi connectivity index (χ2v) is 5.21. The van der Waals surface area contributed by atoms with Crippen molar-refractivity contribution in [1.29, 1.82) is 0 Å². The van der Waals surface area contributed by atoms with Gasteiger partial charge in [-0.1, -0.05) is 6.07 Å². The predicted molar refractivity (Wildman–Crippen MR) is 84.4 cm³/mol.